The van der Waals surface area contributed by atoms with E-state index in [2.05, 4.69) is 34.1 Å². The van der Waals surface area contributed by atoms with E-state index in [9.17, 15) is 0 Å². The van der Waals surface area contributed by atoms with Crippen LogP contribution in [0.3, 0.4) is 0 Å². The lowest BCUT2D eigenvalue weighted by molar-refractivity contribution is 0.248. The SMILES string of the molecule is BrCc1ccc(OCC2COc3ccccc32)cc1. The molecular weight excluding hydrogens is 304 g/mol. The molecule has 0 aromatic heterocycles. The molecule has 0 bridgehead atoms. The molecule has 2 aromatic rings. The van der Waals surface area contributed by atoms with Gasteiger partial charge in [0.25, 0.3) is 0 Å². The van der Waals surface area contributed by atoms with Gasteiger partial charge in [-0.2, -0.15) is 0 Å². The van der Waals surface area contributed by atoms with Crippen LogP contribution in [-0.2, 0) is 5.33 Å². The van der Waals surface area contributed by atoms with Gasteiger partial charge in [-0.1, -0.05) is 46.3 Å². The summed E-state index contributed by atoms with van der Waals surface area (Å²) in [5.74, 6) is 2.23. The third kappa shape index (κ3) is 2.76. The number of ether oxygens (including phenoxy) is 2. The van der Waals surface area contributed by atoms with Gasteiger partial charge in [0.15, 0.2) is 0 Å². The Hall–Kier alpha value is -1.48. The van der Waals surface area contributed by atoms with Gasteiger partial charge < -0.3 is 9.47 Å². The molecule has 1 heterocycles. The molecule has 1 aliphatic rings. The van der Waals surface area contributed by atoms with Gasteiger partial charge >= 0.3 is 0 Å². The van der Waals surface area contributed by atoms with Crippen molar-refractivity contribution in [3.8, 4) is 11.5 Å². The highest BCUT2D eigenvalue weighted by Gasteiger charge is 2.23. The summed E-state index contributed by atoms with van der Waals surface area (Å²) >= 11 is 3.44. The molecule has 0 saturated carbocycles. The standard InChI is InChI=1S/C16H15BrO2/c17-9-12-5-7-14(8-6-12)18-10-13-11-19-16-4-2-1-3-15(13)16/h1-8,13H,9-11H2. The van der Waals surface area contributed by atoms with Crippen molar-refractivity contribution in [1.29, 1.82) is 0 Å². The number of hydrogen-bond donors (Lipinski definition) is 0. The predicted octanol–water partition coefficient (Wildman–Crippen LogP) is 4.14. The molecule has 1 unspecified atom stereocenters. The minimum Gasteiger partial charge on any atom is -0.493 e. The monoisotopic (exact) mass is 318 g/mol. The van der Waals surface area contributed by atoms with Crippen LogP contribution in [0.1, 0.15) is 17.0 Å². The van der Waals surface area contributed by atoms with Crippen molar-refractivity contribution in [1.82, 2.24) is 0 Å². The molecule has 1 atom stereocenters. The topological polar surface area (TPSA) is 18.5 Å². The van der Waals surface area contributed by atoms with Gasteiger partial charge in [0, 0.05) is 10.9 Å². The number of hydrogen-bond acceptors (Lipinski definition) is 2. The van der Waals surface area contributed by atoms with E-state index in [4.69, 9.17) is 9.47 Å². The van der Waals surface area contributed by atoms with Crippen LogP contribution in [0.5, 0.6) is 11.5 Å². The smallest absolute Gasteiger partial charge is 0.123 e. The fourth-order valence-corrected chi connectivity index (χ4v) is 2.61. The van der Waals surface area contributed by atoms with E-state index < -0.39 is 0 Å². The Morgan fingerprint density at radius 1 is 1.11 bits per heavy atom. The normalized spacial score (nSPS) is 16.8. The zero-order valence-corrected chi connectivity index (χ0v) is 12.1. The maximum Gasteiger partial charge on any atom is 0.123 e. The van der Waals surface area contributed by atoms with Gasteiger partial charge in [0.05, 0.1) is 19.1 Å². The predicted molar refractivity (Wildman–Crippen MR) is 79.2 cm³/mol. The summed E-state index contributed by atoms with van der Waals surface area (Å²) in [5.41, 5.74) is 2.50. The fourth-order valence-electron chi connectivity index (χ4n) is 2.24. The Kier molecular flexibility index (Phi) is 3.74. The van der Waals surface area contributed by atoms with Crippen molar-refractivity contribution in [3.05, 3.63) is 59.7 Å². The minimum absolute atomic E-state index is 0.326. The Balaban J connectivity index is 1.64. The first-order valence-electron chi connectivity index (χ1n) is 6.36. The number of halogens is 1. The second-order valence-electron chi connectivity index (χ2n) is 4.63. The Morgan fingerprint density at radius 3 is 2.68 bits per heavy atom. The average molecular weight is 319 g/mol. The number of benzene rings is 2. The molecule has 2 aromatic carbocycles. The maximum absolute atomic E-state index is 5.85. The molecule has 1 aliphatic heterocycles. The minimum atomic E-state index is 0.326. The molecule has 3 heteroatoms. The van der Waals surface area contributed by atoms with E-state index in [0.717, 1.165) is 16.8 Å². The van der Waals surface area contributed by atoms with Crippen molar-refractivity contribution in [2.75, 3.05) is 13.2 Å². The molecule has 0 N–H and O–H groups in total. The van der Waals surface area contributed by atoms with Crippen molar-refractivity contribution in [2.45, 2.75) is 11.2 Å². The molecule has 98 valence electrons. The van der Waals surface area contributed by atoms with Crippen LogP contribution < -0.4 is 9.47 Å². The summed E-state index contributed by atoms with van der Waals surface area (Å²) in [6.07, 6.45) is 0. The van der Waals surface area contributed by atoms with Crippen molar-refractivity contribution in [3.63, 3.8) is 0 Å². The van der Waals surface area contributed by atoms with Crippen LogP contribution >= 0.6 is 15.9 Å². The Labute approximate surface area is 121 Å². The summed E-state index contributed by atoms with van der Waals surface area (Å²) in [7, 11) is 0. The van der Waals surface area contributed by atoms with E-state index in [1.165, 1.54) is 11.1 Å². The van der Waals surface area contributed by atoms with E-state index in [0.29, 0.717) is 19.1 Å². The zero-order valence-electron chi connectivity index (χ0n) is 10.5. The lowest BCUT2D eigenvalue weighted by Gasteiger charge is -2.11. The van der Waals surface area contributed by atoms with Gasteiger partial charge in [0.1, 0.15) is 11.5 Å². The fraction of sp³-hybridized carbons (Fsp3) is 0.250. The van der Waals surface area contributed by atoms with Gasteiger partial charge in [-0.25, -0.2) is 0 Å². The molecule has 3 rings (SSSR count). The molecule has 0 spiro atoms. The van der Waals surface area contributed by atoms with Gasteiger partial charge in [-0.3, -0.25) is 0 Å². The van der Waals surface area contributed by atoms with Crippen LogP contribution in [0.2, 0.25) is 0 Å². The van der Waals surface area contributed by atoms with Crippen LogP contribution in [0, 0.1) is 0 Å². The van der Waals surface area contributed by atoms with Crippen LogP contribution in [0.4, 0.5) is 0 Å². The van der Waals surface area contributed by atoms with Gasteiger partial charge in [-0.15, -0.1) is 0 Å². The molecule has 0 aliphatic carbocycles. The third-order valence-corrected chi connectivity index (χ3v) is 3.98. The lowest BCUT2D eigenvalue weighted by Crippen LogP contribution is -2.11. The first-order valence-corrected chi connectivity index (χ1v) is 7.48. The summed E-state index contributed by atoms with van der Waals surface area (Å²) in [5, 5.41) is 0.872. The highest BCUT2D eigenvalue weighted by molar-refractivity contribution is 9.08. The van der Waals surface area contributed by atoms with Crippen molar-refractivity contribution in [2.24, 2.45) is 0 Å². The number of rotatable bonds is 4. The first-order chi connectivity index (χ1) is 9.36. The van der Waals surface area contributed by atoms with Crippen LogP contribution in [0.25, 0.3) is 0 Å². The molecule has 19 heavy (non-hydrogen) atoms. The highest BCUT2D eigenvalue weighted by atomic mass is 79.9. The molecule has 0 saturated heterocycles. The average Bonchev–Trinajstić information content (AvgIpc) is 2.89. The quantitative estimate of drug-likeness (QED) is 0.789. The van der Waals surface area contributed by atoms with Crippen molar-refractivity contribution < 1.29 is 9.47 Å². The summed E-state index contributed by atoms with van der Waals surface area (Å²) < 4.78 is 11.5. The molecule has 0 radical (unpaired) electrons. The van der Waals surface area contributed by atoms with E-state index in [-0.39, 0.29) is 0 Å². The molecule has 0 amide bonds. The molecule has 0 fully saturated rings. The second-order valence-corrected chi connectivity index (χ2v) is 5.20. The summed E-state index contributed by atoms with van der Waals surface area (Å²) in [4.78, 5) is 0. The van der Waals surface area contributed by atoms with Crippen molar-refractivity contribution >= 4 is 15.9 Å². The number of fused-ring (bicyclic) bond motifs is 1. The van der Waals surface area contributed by atoms with E-state index in [1.54, 1.807) is 0 Å². The summed E-state index contributed by atoms with van der Waals surface area (Å²) in [6, 6.07) is 16.3. The lowest BCUT2D eigenvalue weighted by atomic mass is 10.0. The van der Waals surface area contributed by atoms with Crippen LogP contribution in [0.15, 0.2) is 48.5 Å². The van der Waals surface area contributed by atoms with Gasteiger partial charge in [0.2, 0.25) is 0 Å². The molecular formula is C16H15BrO2. The van der Waals surface area contributed by atoms with Crippen LogP contribution in [-0.4, -0.2) is 13.2 Å². The van der Waals surface area contributed by atoms with E-state index in [1.807, 2.05) is 30.3 Å². The first kappa shape index (κ1) is 12.5. The second kappa shape index (κ2) is 5.66. The third-order valence-electron chi connectivity index (χ3n) is 3.33. The largest absolute Gasteiger partial charge is 0.493 e. The number of alkyl halides is 1. The maximum atomic E-state index is 5.85. The highest BCUT2D eigenvalue weighted by Crippen LogP contribution is 2.33. The summed E-state index contributed by atoms with van der Waals surface area (Å²) in [6.45, 7) is 1.36. The number of para-hydroxylation sites is 1. The molecule has 2 nitrogen and oxygen atoms in total. The van der Waals surface area contributed by atoms with Gasteiger partial charge in [-0.05, 0) is 23.8 Å². The Bertz CT molecular complexity index is 551. The van der Waals surface area contributed by atoms with E-state index >= 15 is 0 Å². The zero-order chi connectivity index (χ0) is 13.1. The Morgan fingerprint density at radius 2 is 1.89 bits per heavy atom.